The van der Waals surface area contributed by atoms with E-state index < -0.39 is 0 Å². The number of nitrogens with one attached hydrogen (secondary N) is 1. The summed E-state index contributed by atoms with van der Waals surface area (Å²) in [6.45, 7) is 4.63. The van der Waals surface area contributed by atoms with Crippen molar-refractivity contribution in [2.45, 2.75) is 52.0 Å². The molecule has 186 valence electrons. The zero-order chi connectivity index (χ0) is 25.6. The van der Waals surface area contributed by atoms with Crippen molar-refractivity contribution in [3.63, 3.8) is 0 Å². The lowest BCUT2D eigenvalue weighted by atomic mass is 10.0. The third-order valence-electron chi connectivity index (χ3n) is 7.02. The molecular weight excluding hydrogens is 458 g/mol. The van der Waals surface area contributed by atoms with Gasteiger partial charge in [-0.1, -0.05) is 66.2 Å². The smallest absolute Gasteiger partial charge is 0.240 e. The van der Waals surface area contributed by atoms with E-state index in [0.29, 0.717) is 31.6 Å². The predicted molar refractivity (Wildman–Crippen MR) is 143 cm³/mol. The van der Waals surface area contributed by atoms with Crippen LogP contribution in [0.1, 0.15) is 39.1 Å². The summed E-state index contributed by atoms with van der Waals surface area (Å²) in [6.07, 6.45) is 5.22. The maximum absolute atomic E-state index is 13.7. The highest BCUT2D eigenvalue weighted by Gasteiger charge is 2.29. The van der Waals surface area contributed by atoms with Crippen LogP contribution in [0.3, 0.4) is 0 Å². The zero-order valence-electron chi connectivity index (χ0n) is 21.1. The van der Waals surface area contributed by atoms with Gasteiger partial charge in [-0.3, -0.25) is 10.1 Å². The summed E-state index contributed by atoms with van der Waals surface area (Å²) in [5.41, 5.74) is 7.66. The number of amides is 1. The van der Waals surface area contributed by atoms with E-state index in [-0.39, 0.29) is 11.9 Å². The topological polar surface area (TPSA) is 74.0 Å². The molecule has 0 fully saturated rings. The summed E-state index contributed by atoms with van der Waals surface area (Å²) < 4.78 is 2.13. The Morgan fingerprint density at radius 2 is 1.84 bits per heavy atom. The minimum atomic E-state index is -0.310. The lowest BCUT2D eigenvalue weighted by molar-refractivity contribution is -0.134. The van der Waals surface area contributed by atoms with Gasteiger partial charge >= 0.3 is 0 Å². The predicted octanol–water partition coefficient (Wildman–Crippen LogP) is 4.55. The standard InChI is InChI=1S/C31H31N5O/c1-23-5-4-6-26(15-23)20-36-21-28-8-3-2-7-27(28)16-30(31(36)37)34-19-29-18-33-22-35(29)14-13-24-9-11-25(17-32)12-10-24/h2-12,15,18,22,30,34H,13-14,16,19-21H2,1H3. The van der Waals surface area contributed by atoms with Crippen LogP contribution < -0.4 is 5.32 Å². The summed E-state index contributed by atoms with van der Waals surface area (Å²) in [5.74, 6) is 0.126. The van der Waals surface area contributed by atoms with Crippen molar-refractivity contribution >= 4 is 5.91 Å². The first-order valence-electron chi connectivity index (χ1n) is 12.7. The van der Waals surface area contributed by atoms with Crippen molar-refractivity contribution < 1.29 is 4.79 Å². The van der Waals surface area contributed by atoms with Gasteiger partial charge in [-0.05, 0) is 54.2 Å². The van der Waals surface area contributed by atoms with Crippen LogP contribution in [0, 0.1) is 18.3 Å². The van der Waals surface area contributed by atoms with Crippen molar-refractivity contribution in [1.82, 2.24) is 19.8 Å². The Balaban J connectivity index is 1.28. The number of carbonyl (C=O) groups excluding carboxylic acids is 1. The van der Waals surface area contributed by atoms with E-state index in [1.54, 1.807) is 0 Å². The second-order valence-electron chi connectivity index (χ2n) is 9.73. The Morgan fingerprint density at radius 1 is 1.03 bits per heavy atom. The average molecular weight is 490 g/mol. The first-order chi connectivity index (χ1) is 18.1. The number of aryl methyl sites for hydroxylation is 3. The number of nitriles is 1. The van der Waals surface area contributed by atoms with Gasteiger partial charge in [0.2, 0.25) is 5.91 Å². The number of rotatable bonds is 8. The number of hydrogen-bond donors (Lipinski definition) is 1. The first kappa shape index (κ1) is 24.5. The third kappa shape index (κ3) is 5.96. The minimum absolute atomic E-state index is 0.126. The second-order valence-corrected chi connectivity index (χ2v) is 9.73. The Morgan fingerprint density at radius 3 is 2.62 bits per heavy atom. The van der Waals surface area contributed by atoms with Crippen LogP contribution in [0.5, 0.6) is 0 Å². The molecule has 6 heteroatoms. The molecule has 1 aliphatic heterocycles. The van der Waals surface area contributed by atoms with Gasteiger partial charge in [0, 0.05) is 32.4 Å². The van der Waals surface area contributed by atoms with Gasteiger partial charge in [-0.2, -0.15) is 5.26 Å². The van der Waals surface area contributed by atoms with E-state index in [1.165, 1.54) is 22.3 Å². The fourth-order valence-corrected chi connectivity index (χ4v) is 4.97. The largest absolute Gasteiger partial charge is 0.333 e. The molecule has 2 heterocycles. The molecule has 1 N–H and O–H groups in total. The van der Waals surface area contributed by atoms with Crippen LogP contribution in [0.2, 0.25) is 0 Å². The Bertz CT molecular complexity index is 1420. The van der Waals surface area contributed by atoms with Gasteiger partial charge < -0.3 is 9.47 Å². The minimum Gasteiger partial charge on any atom is -0.333 e. The highest BCUT2D eigenvalue weighted by atomic mass is 16.2. The van der Waals surface area contributed by atoms with Gasteiger partial charge in [-0.15, -0.1) is 0 Å². The van der Waals surface area contributed by atoms with Crippen LogP contribution in [0.4, 0.5) is 0 Å². The number of aromatic nitrogens is 2. The number of carbonyl (C=O) groups is 1. The quantitative estimate of drug-likeness (QED) is 0.394. The average Bonchev–Trinajstić information content (AvgIpc) is 3.32. The molecule has 1 atom stereocenters. The third-order valence-corrected chi connectivity index (χ3v) is 7.02. The summed E-state index contributed by atoms with van der Waals surface area (Å²) in [7, 11) is 0. The lowest BCUT2D eigenvalue weighted by Crippen LogP contribution is -2.45. The van der Waals surface area contributed by atoms with Crippen LogP contribution in [0.25, 0.3) is 0 Å². The van der Waals surface area contributed by atoms with Gasteiger partial charge in [-0.25, -0.2) is 4.98 Å². The molecule has 0 saturated heterocycles. The lowest BCUT2D eigenvalue weighted by Gasteiger charge is -2.25. The van der Waals surface area contributed by atoms with E-state index in [2.05, 4.69) is 70.3 Å². The van der Waals surface area contributed by atoms with Crippen LogP contribution >= 0.6 is 0 Å². The SMILES string of the molecule is Cc1cccc(CN2Cc3ccccc3CC(NCc3cncn3CCc3ccc(C#N)cc3)C2=O)c1. The summed E-state index contributed by atoms with van der Waals surface area (Å²) in [4.78, 5) is 20.1. The van der Waals surface area contributed by atoms with Gasteiger partial charge in [0.25, 0.3) is 0 Å². The molecule has 4 aromatic rings. The molecule has 1 aliphatic rings. The fraction of sp³-hybridized carbons (Fsp3) is 0.258. The monoisotopic (exact) mass is 489 g/mol. The Labute approximate surface area is 218 Å². The molecule has 0 radical (unpaired) electrons. The van der Waals surface area contributed by atoms with E-state index in [9.17, 15) is 4.79 Å². The van der Waals surface area contributed by atoms with Crippen molar-refractivity contribution in [3.8, 4) is 6.07 Å². The van der Waals surface area contributed by atoms with Crippen LogP contribution in [-0.4, -0.2) is 26.4 Å². The van der Waals surface area contributed by atoms with Gasteiger partial charge in [0.1, 0.15) is 0 Å². The highest BCUT2D eigenvalue weighted by Crippen LogP contribution is 2.22. The number of imidazole rings is 1. The molecule has 0 bridgehead atoms. The van der Waals surface area contributed by atoms with E-state index in [0.717, 1.165) is 24.2 Å². The number of nitrogens with zero attached hydrogens (tertiary/aromatic N) is 4. The molecule has 1 amide bonds. The molecule has 1 aromatic heterocycles. The maximum Gasteiger partial charge on any atom is 0.240 e. The van der Waals surface area contributed by atoms with Gasteiger partial charge in [0.15, 0.2) is 0 Å². The second kappa shape index (κ2) is 11.2. The molecule has 3 aromatic carbocycles. The summed E-state index contributed by atoms with van der Waals surface area (Å²) in [5, 5.41) is 12.6. The maximum atomic E-state index is 13.7. The van der Waals surface area contributed by atoms with E-state index in [1.807, 2.05) is 47.8 Å². The molecule has 6 nitrogen and oxygen atoms in total. The van der Waals surface area contributed by atoms with Crippen LogP contribution in [-0.2, 0) is 43.8 Å². The Hall–Kier alpha value is -4.21. The first-order valence-corrected chi connectivity index (χ1v) is 12.7. The molecular formula is C31H31N5O. The number of fused-ring (bicyclic) bond motifs is 1. The zero-order valence-corrected chi connectivity index (χ0v) is 21.1. The van der Waals surface area contributed by atoms with Crippen LogP contribution in [0.15, 0.2) is 85.3 Å². The van der Waals surface area contributed by atoms with Crippen molar-refractivity contribution in [1.29, 1.82) is 5.26 Å². The van der Waals surface area contributed by atoms with Crippen molar-refractivity contribution in [2.75, 3.05) is 0 Å². The molecule has 5 rings (SSSR count). The summed E-state index contributed by atoms with van der Waals surface area (Å²) in [6, 6.07) is 26.3. The summed E-state index contributed by atoms with van der Waals surface area (Å²) >= 11 is 0. The molecule has 0 saturated carbocycles. The molecule has 0 spiro atoms. The van der Waals surface area contributed by atoms with Gasteiger partial charge in [0.05, 0.1) is 29.7 Å². The molecule has 0 aliphatic carbocycles. The normalized spacial score (nSPS) is 15.2. The number of hydrogen-bond acceptors (Lipinski definition) is 4. The molecule has 37 heavy (non-hydrogen) atoms. The molecule has 1 unspecified atom stereocenters. The van der Waals surface area contributed by atoms with E-state index in [4.69, 9.17) is 5.26 Å². The number of benzene rings is 3. The van der Waals surface area contributed by atoms with Crippen molar-refractivity contribution in [2.24, 2.45) is 0 Å². The highest BCUT2D eigenvalue weighted by molar-refractivity contribution is 5.83. The van der Waals surface area contributed by atoms with Crippen molar-refractivity contribution in [3.05, 3.63) is 124 Å². The fourth-order valence-electron chi connectivity index (χ4n) is 4.97. The Kier molecular flexibility index (Phi) is 7.43. The van der Waals surface area contributed by atoms with E-state index >= 15 is 0 Å².